The summed E-state index contributed by atoms with van der Waals surface area (Å²) in [6.07, 6.45) is 5.62. The molecule has 5 rings (SSSR count). The summed E-state index contributed by atoms with van der Waals surface area (Å²) in [5.41, 5.74) is 3.16. The number of fused-ring (bicyclic) bond motifs is 3. The number of nitrogens with zero attached hydrogens (tertiary/aromatic N) is 4. The smallest absolute Gasteiger partial charge is 0.256 e. The first-order valence-corrected chi connectivity index (χ1v) is 8.73. The van der Waals surface area contributed by atoms with Crippen LogP contribution in [0.5, 0.6) is 0 Å². The van der Waals surface area contributed by atoms with Crippen molar-refractivity contribution in [3.05, 3.63) is 54.5 Å². The van der Waals surface area contributed by atoms with E-state index in [0.717, 1.165) is 42.8 Å². The number of carbonyl (C=O) groups excluding carboxylic acids is 1. The van der Waals surface area contributed by atoms with Gasteiger partial charge in [-0.1, -0.05) is 18.2 Å². The minimum atomic E-state index is 0. The van der Waals surface area contributed by atoms with Crippen LogP contribution in [0.4, 0.5) is 0 Å². The zero-order valence-corrected chi connectivity index (χ0v) is 16.2. The number of imidazole rings is 1. The summed E-state index contributed by atoms with van der Waals surface area (Å²) in [5, 5.41) is 3.41. The largest absolute Gasteiger partial charge is 0.330 e. The van der Waals surface area contributed by atoms with Crippen LogP contribution in [-0.4, -0.2) is 50.5 Å². The maximum atomic E-state index is 13.0. The standard InChI is InChI=1S/C19H19N5O.2ClH/c25-19(24-15-6-7-16(24)11-20-10-15)13-8-17-18(21-9-13)23(12-22-17)14-4-2-1-3-5-14;;/h1-5,8-9,12,15-16,20H,6-7,10-11H2;2*1H/t15-,16+;;. The van der Waals surface area contributed by atoms with Crippen LogP contribution in [0.1, 0.15) is 23.2 Å². The Morgan fingerprint density at radius 3 is 2.44 bits per heavy atom. The van der Waals surface area contributed by atoms with E-state index in [9.17, 15) is 4.79 Å². The quantitative estimate of drug-likeness (QED) is 0.711. The van der Waals surface area contributed by atoms with Gasteiger partial charge in [-0.15, -0.1) is 24.8 Å². The third-order valence-electron chi connectivity index (χ3n) is 5.28. The summed E-state index contributed by atoms with van der Waals surface area (Å²) in [6, 6.07) is 12.5. The van der Waals surface area contributed by atoms with E-state index in [0.29, 0.717) is 17.6 Å². The molecule has 1 N–H and O–H groups in total. The molecule has 2 aliphatic heterocycles. The number of amides is 1. The van der Waals surface area contributed by atoms with Crippen molar-refractivity contribution >= 4 is 41.9 Å². The first-order valence-electron chi connectivity index (χ1n) is 8.73. The average molecular weight is 406 g/mol. The number of carbonyl (C=O) groups is 1. The van der Waals surface area contributed by atoms with Crippen LogP contribution >= 0.6 is 24.8 Å². The molecule has 2 aliphatic rings. The highest BCUT2D eigenvalue weighted by Crippen LogP contribution is 2.28. The van der Waals surface area contributed by atoms with Crippen LogP contribution in [-0.2, 0) is 0 Å². The van der Waals surface area contributed by atoms with Gasteiger partial charge in [0.1, 0.15) is 11.8 Å². The van der Waals surface area contributed by atoms with Gasteiger partial charge in [0.2, 0.25) is 0 Å². The van der Waals surface area contributed by atoms with Crippen molar-refractivity contribution in [2.24, 2.45) is 0 Å². The normalized spacial score (nSPS) is 20.8. The first-order chi connectivity index (χ1) is 12.3. The predicted molar refractivity (Wildman–Crippen MR) is 109 cm³/mol. The minimum absolute atomic E-state index is 0. The highest BCUT2D eigenvalue weighted by molar-refractivity contribution is 5.97. The fraction of sp³-hybridized carbons (Fsp3) is 0.316. The van der Waals surface area contributed by atoms with Gasteiger partial charge in [-0.3, -0.25) is 9.36 Å². The molecule has 1 aromatic carbocycles. The monoisotopic (exact) mass is 405 g/mol. The van der Waals surface area contributed by atoms with E-state index < -0.39 is 0 Å². The van der Waals surface area contributed by atoms with Crippen LogP contribution < -0.4 is 5.32 Å². The van der Waals surface area contributed by atoms with Gasteiger partial charge in [-0.25, -0.2) is 9.97 Å². The number of piperazine rings is 1. The molecular formula is C19H21Cl2N5O. The minimum Gasteiger partial charge on any atom is -0.330 e. The molecule has 3 aromatic rings. The van der Waals surface area contributed by atoms with E-state index in [-0.39, 0.29) is 30.7 Å². The van der Waals surface area contributed by atoms with Crippen LogP contribution in [0.25, 0.3) is 16.9 Å². The molecule has 1 amide bonds. The molecule has 0 spiro atoms. The summed E-state index contributed by atoms with van der Waals surface area (Å²) in [6.45, 7) is 1.78. The van der Waals surface area contributed by atoms with Crippen molar-refractivity contribution in [3.8, 4) is 5.69 Å². The number of hydrogen-bond donors (Lipinski definition) is 1. The Morgan fingerprint density at radius 1 is 1.04 bits per heavy atom. The summed E-state index contributed by atoms with van der Waals surface area (Å²) in [5.74, 6) is 0.0812. The fourth-order valence-corrected chi connectivity index (χ4v) is 4.05. The molecule has 0 saturated carbocycles. The van der Waals surface area contributed by atoms with E-state index in [1.807, 2.05) is 45.9 Å². The highest BCUT2D eigenvalue weighted by atomic mass is 35.5. The highest BCUT2D eigenvalue weighted by Gasteiger charge is 2.39. The Labute approximate surface area is 169 Å². The molecular weight excluding hydrogens is 385 g/mol. The molecule has 2 atom stereocenters. The third-order valence-corrected chi connectivity index (χ3v) is 5.28. The topological polar surface area (TPSA) is 63.1 Å². The Morgan fingerprint density at radius 2 is 1.74 bits per heavy atom. The first kappa shape index (κ1) is 19.6. The third kappa shape index (κ3) is 3.29. The molecule has 8 heteroatoms. The number of rotatable bonds is 2. The summed E-state index contributed by atoms with van der Waals surface area (Å²) in [7, 11) is 0. The van der Waals surface area contributed by atoms with Crippen LogP contribution in [0, 0.1) is 0 Å². The number of pyridine rings is 1. The Bertz CT molecular complexity index is 930. The Hall–Kier alpha value is -2.15. The number of hydrogen-bond acceptors (Lipinski definition) is 4. The second-order valence-electron chi connectivity index (χ2n) is 6.77. The number of halogens is 2. The molecule has 2 aromatic heterocycles. The second-order valence-corrected chi connectivity index (χ2v) is 6.77. The average Bonchev–Trinajstić information content (AvgIpc) is 3.19. The van der Waals surface area contributed by atoms with E-state index >= 15 is 0 Å². The van der Waals surface area contributed by atoms with Gasteiger partial charge >= 0.3 is 0 Å². The van der Waals surface area contributed by atoms with E-state index in [4.69, 9.17) is 0 Å². The molecule has 142 valence electrons. The molecule has 27 heavy (non-hydrogen) atoms. The molecule has 0 unspecified atom stereocenters. The molecule has 0 radical (unpaired) electrons. The van der Waals surface area contributed by atoms with E-state index in [1.54, 1.807) is 12.5 Å². The molecule has 2 fully saturated rings. The maximum Gasteiger partial charge on any atom is 0.256 e. The Kier molecular flexibility index (Phi) is 5.69. The molecule has 6 nitrogen and oxygen atoms in total. The molecule has 4 heterocycles. The van der Waals surface area contributed by atoms with E-state index in [2.05, 4.69) is 15.3 Å². The van der Waals surface area contributed by atoms with Gasteiger partial charge in [0, 0.05) is 37.1 Å². The lowest BCUT2D eigenvalue weighted by atomic mass is 10.1. The second kappa shape index (κ2) is 7.84. The fourth-order valence-electron chi connectivity index (χ4n) is 4.05. The summed E-state index contributed by atoms with van der Waals surface area (Å²) >= 11 is 0. The molecule has 0 aliphatic carbocycles. The van der Waals surface area contributed by atoms with Crippen molar-refractivity contribution in [3.63, 3.8) is 0 Å². The van der Waals surface area contributed by atoms with Gasteiger partial charge in [-0.05, 0) is 31.0 Å². The zero-order chi connectivity index (χ0) is 16.8. The van der Waals surface area contributed by atoms with Crippen molar-refractivity contribution < 1.29 is 4.79 Å². The van der Waals surface area contributed by atoms with Crippen LogP contribution in [0.15, 0.2) is 48.9 Å². The lowest BCUT2D eigenvalue weighted by Gasteiger charge is -2.35. The lowest BCUT2D eigenvalue weighted by molar-refractivity contribution is 0.0619. The van der Waals surface area contributed by atoms with Gasteiger partial charge in [-0.2, -0.15) is 0 Å². The van der Waals surface area contributed by atoms with E-state index in [1.165, 1.54) is 0 Å². The molecule has 2 saturated heterocycles. The summed E-state index contributed by atoms with van der Waals surface area (Å²) < 4.78 is 1.94. The van der Waals surface area contributed by atoms with Crippen molar-refractivity contribution in [2.45, 2.75) is 24.9 Å². The summed E-state index contributed by atoms with van der Waals surface area (Å²) in [4.78, 5) is 24.0. The predicted octanol–water partition coefficient (Wildman–Crippen LogP) is 2.84. The number of para-hydroxylation sites is 1. The number of nitrogens with one attached hydrogen (secondary N) is 1. The van der Waals surface area contributed by atoms with Crippen molar-refractivity contribution in [1.29, 1.82) is 0 Å². The SMILES string of the molecule is Cl.Cl.O=C(c1cnc2c(c1)ncn2-c1ccccc1)N1[C@@H]2CC[C@H]1CNC2. The number of aromatic nitrogens is 3. The van der Waals surface area contributed by atoms with Crippen LogP contribution in [0.3, 0.4) is 0 Å². The lowest BCUT2D eigenvalue weighted by Crippen LogP contribution is -2.54. The number of benzene rings is 1. The van der Waals surface area contributed by atoms with Gasteiger partial charge < -0.3 is 10.2 Å². The Balaban J connectivity index is 0.00000105. The van der Waals surface area contributed by atoms with Crippen molar-refractivity contribution in [2.75, 3.05) is 13.1 Å². The van der Waals surface area contributed by atoms with Gasteiger partial charge in [0.05, 0.1) is 5.56 Å². The van der Waals surface area contributed by atoms with Crippen LogP contribution in [0.2, 0.25) is 0 Å². The molecule has 2 bridgehead atoms. The zero-order valence-electron chi connectivity index (χ0n) is 14.6. The van der Waals surface area contributed by atoms with Gasteiger partial charge in [0.25, 0.3) is 5.91 Å². The van der Waals surface area contributed by atoms with Crippen molar-refractivity contribution in [1.82, 2.24) is 24.8 Å². The maximum absolute atomic E-state index is 13.0. The van der Waals surface area contributed by atoms with Gasteiger partial charge in [0.15, 0.2) is 5.65 Å².